The Bertz CT molecular complexity index is 706. The lowest BCUT2D eigenvalue weighted by Gasteiger charge is -2.42. The second kappa shape index (κ2) is 6.49. The van der Waals surface area contributed by atoms with Crippen LogP contribution in [0.2, 0.25) is 0 Å². The number of nitro groups is 1. The normalized spacial score (nSPS) is 21.8. The van der Waals surface area contributed by atoms with Crippen LogP contribution in [0.1, 0.15) is 20.3 Å². The summed E-state index contributed by atoms with van der Waals surface area (Å²) >= 11 is 0. The molecule has 1 saturated heterocycles. The fourth-order valence-electron chi connectivity index (χ4n) is 3.20. The van der Waals surface area contributed by atoms with Crippen LogP contribution in [-0.2, 0) is 4.79 Å². The maximum absolute atomic E-state index is 12.4. The molecule has 9 nitrogen and oxygen atoms in total. The first kappa shape index (κ1) is 17.4. The van der Waals surface area contributed by atoms with Crippen molar-refractivity contribution in [1.82, 2.24) is 4.90 Å². The number of nitrogens with zero attached hydrogens (tertiary/aromatic N) is 2. The van der Waals surface area contributed by atoms with Crippen molar-refractivity contribution in [1.29, 1.82) is 0 Å². The van der Waals surface area contributed by atoms with Crippen LogP contribution in [0.15, 0.2) is 12.1 Å². The predicted octanol–water partition coefficient (Wildman–Crippen LogP) is 1.32. The molecule has 2 aliphatic rings. The van der Waals surface area contributed by atoms with E-state index in [-0.39, 0.29) is 42.1 Å². The molecule has 3 N–H and O–H groups in total. The van der Waals surface area contributed by atoms with Gasteiger partial charge in [-0.2, -0.15) is 0 Å². The van der Waals surface area contributed by atoms with Gasteiger partial charge in [0.2, 0.25) is 12.7 Å². The molecular formula is C16H22N4O5. The highest BCUT2D eigenvalue weighted by molar-refractivity contribution is 5.95. The van der Waals surface area contributed by atoms with Crippen molar-refractivity contribution >= 4 is 17.3 Å². The topological polar surface area (TPSA) is 120 Å². The number of nitrogens with two attached hydrogens (primary N) is 1. The molecular weight excluding hydrogens is 328 g/mol. The van der Waals surface area contributed by atoms with Crippen LogP contribution >= 0.6 is 0 Å². The highest BCUT2D eigenvalue weighted by Crippen LogP contribution is 2.40. The second-order valence-electron chi connectivity index (χ2n) is 7.12. The van der Waals surface area contributed by atoms with Crippen LogP contribution in [-0.4, -0.2) is 48.2 Å². The lowest BCUT2D eigenvalue weighted by Crippen LogP contribution is -2.53. The minimum absolute atomic E-state index is 0.00695. The summed E-state index contributed by atoms with van der Waals surface area (Å²) in [4.78, 5) is 25.1. The van der Waals surface area contributed by atoms with Crippen LogP contribution in [0.3, 0.4) is 0 Å². The van der Waals surface area contributed by atoms with Crippen molar-refractivity contribution < 1.29 is 19.2 Å². The number of hydrogen-bond acceptors (Lipinski definition) is 7. The van der Waals surface area contributed by atoms with Gasteiger partial charge in [0, 0.05) is 25.2 Å². The van der Waals surface area contributed by atoms with Crippen LogP contribution in [0.4, 0.5) is 11.4 Å². The molecule has 0 radical (unpaired) electrons. The number of benzene rings is 1. The zero-order valence-corrected chi connectivity index (χ0v) is 14.3. The van der Waals surface area contributed by atoms with Gasteiger partial charge >= 0.3 is 0 Å². The number of piperidine rings is 1. The summed E-state index contributed by atoms with van der Waals surface area (Å²) in [6, 6.07) is 2.79. The van der Waals surface area contributed by atoms with Gasteiger partial charge in [-0.15, -0.1) is 0 Å². The Hall–Kier alpha value is -2.39. The predicted molar refractivity (Wildman–Crippen MR) is 90.7 cm³/mol. The molecule has 1 aromatic carbocycles. The first-order valence-corrected chi connectivity index (χ1v) is 8.12. The van der Waals surface area contributed by atoms with E-state index in [2.05, 4.69) is 19.2 Å². The summed E-state index contributed by atoms with van der Waals surface area (Å²) in [6.07, 6.45) is 0.810. The zero-order valence-electron chi connectivity index (χ0n) is 14.3. The number of likely N-dealkylation sites (tertiary alicyclic amines) is 1. The summed E-state index contributed by atoms with van der Waals surface area (Å²) in [5.41, 5.74) is 5.91. The fraction of sp³-hybridized carbons (Fsp3) is 0.562. The van der Waals surface area contributed by atoms with Crippen LogP contribution in [0, 0.1) is 15.5 Å². The van der Waals surface area contributed by atoms with Crippen molar-refractivity contribution in [3.05, 3.63) is 22.2 Å². The Kier molecular flexibility index (Phi) is 4.53. The van der Waals surface area contributed by atoms with Gasteiger partial charge in [0.15, 0.2) is 11.5 Å². The van der Waals surface area contributed by atoms with Crippen LogP contribution in [0.5, 0.6) is 11.5 Å². The summed E-state index contributed by atoms with van der Waals surface area (Å²) < 4.78 is 10.4. The van der Waals surface area contributed by atoms with E-state index in [4.69, 9.17) is 15.2 Å². The zero-order chi connectivity index (χ0) is 18.2. The lowest BCUT2D eigenvalue weighted by atomic mass is 9.80. The summed E-state index contributed by atoms with van der Waals surface area (Å²) in [5, 5.41) is 13.9. The number of fused-ring (bicyclic) bond motifs is 1. The van der Waals surface area contributed by atoms with Gasteiger partial charge in [0.1, 0.15) is 5.69 Å². The maximum Gasteiger partial charge on any atom is 0.296 e. The number of carbonyl (C=O) groups excluding carboxylic acids is 1. The molecule has 3 rings (SSSR count). The minimum atomic E-state index is -0.555. The number of hydrogen-bond donors (Lipinski definition) is 2. The molecule has 1 unspecified atom stereocenters. The van der Waals surface area contributed by atoms with Crippen molar-refractivity contribution in [3.8, 4) is 11.5 Å². The molecule has 0 spiro atoms. The molecule has 0 aromatic heterocycles. The number of nitrogens with one attached hydrogen (secondary N) is 1. The number of amides is 1. The van der Waals surface area contributed by atoms with Gasteiger partial charge in [-0.1, -0.05) is 13.8 Å². The number of ether oxygens (including phenoxy) is 2. The number of rotatable bonds is 4. The number of anilines is 1. The van der Waals surface area contributed by atoms with Gasteiger partial charge < -0.3 is 20.5 Å². The molecule has 1 fully saturated rings. The first-order chi connectivity index (χ1) is 11.8. The number of carbonyl (C=O) groups is 1. The van der Waals surface area contributed by atoms with E-state index in [0.717, 1.165) is 13.0 Å². The van der Waals surface area contributed by atoms with E-state index in [9.17, 15) is 14.9 Å². The Morgan fingerprint density at radius 3 is 2.76 bits per heavy atom. The monoisotopic (exact) mass is 350 g/mol. The third-order valence-electron chi connectivity index (χ3n) is 4.72. The van der Waals surface area contributed by atoms with Gasteiger partial charge in [-0.25, -0.2) is 0 Å². The van der Waals surface area contributed by atoms with Gasteiger partial charge in [-0.3, -0.25) is 19.8 Å². The molecule has 2 heterocycles. The largest absolute Gasteiger partial charge is 0.454 e. The Morgan fingerprint density at radius 1 is 1.44 bits per heavy atom. The standard InChI is InChI=1S/C16H22N4O5/c1-16(2)8-19(4-3-14(16)17)7-15(21)18-10-5-12-13(25-9-24-12)6-11(10)20(22)23/h5-6,14H,3-4,7-9,17H2,1-2H3,(H,18,21). The van der Waals surface area contributed by atoms with E-state index >= 15 is 0 Å². The van der Waals surface area contributed by atoms with Gasteiger partial charge in [-0.05, 0) is 11.8 Å². The van der Waals surface area contributed by atoms with E-state index in [1.165, 1.54) is 12.1 Å². The summed E-state index contributed by atoms with van der Waals surface area (Å²) in [5.74, 6) is 0.371. The third-order valence-corrected chi connectivity index (χ3v) is 4.72. The molecule has 0 aliphatic carbocycles. The van der Waals surface area contributed by atoms with E-state index in [0.29, 0.717) is 18.0 Å². The van der Waals surface area contributed by atoms with Gasteiger partial charge in [0.05, 0.1) is 17.5 Å². The van der Waals surface area contributed by atoms with E-state index < -0.39 is 4.92 Å². The molecule has 0 saturated carbocycles. The SMILES string of the molecule is CC1(C)CN(CC(=O)Nc2cc3c(cc2[N+](=O)[O-])OCO3)CCC1N. The van der Waals surface area contributed by atoms with Crippen LogP contribution in [0.25, 0.3) is 0 Å². The summed E-state index contributed by atoms with van der Waals surface area (Å²) in [7, 11) is 0. The average molecular weight is 350 g/mol. The maximum atomic E-state index is 12.4. The quantitative estimate of drug-likeness (QED) is 0.620. The highest BCUT2D eigenvalue weighted by Gasteiger charge is 2.34. The Balaban J connectivity index is 1.70. The number of nitro benzene ring substituents is 1. The molecule has 2 aliphatic heterocycles. The Morgan fingerprint density at radius 2 is 2.12 bits per heavy atom. The molecule has 1 atom stereocenters. The summed E-state index contributed by atoms with van der Waals surface area (Å²) in [6.45, 7) is 5.73. The smallest absolute Gasteiger partial charge is 0.296 e. The van der Waals surface area contributed by atoms with Crippen molar-refractivity contribution in [2.24, 2.45) is 11.1 Å². The average Bonchev–Trinajstić information content (AvgIpc) is 2.97. The van der Waals surface area contributed by atoms with Gasteiger partial charge in [0.25, 0.3) is 5.69 Å². The lowest BCUT2D eigenvalue weighted by molar-refractivity contribution is -0.384. The van der Waals surface area contributed by atoms with Crippen molar-refractivity contribution in [3.63, 3.8) is 0 Å². The molecule has 0 bridgehead atoms. The molecule has 1 aromatic rings. The highest BCUT2D eigenvalue weighted by atomic mass is 16.7. The third kappa shape index (κ3) is 3.67. The Labute approximate surface area is 145 Å². The molecule has 1 amide bonds. The van der Waals surface area contributed by atoms with Crippen molar-refractivity contribution in [2.75, 3.05) is 31.7 Å². The van der Waals surface area contributed by atoms with E-state index in [1.807, 2.05) is 4.90 Å². The van der Waals surface area contributed by atoms with Crippen molar-refractivity contribution in [2.45, 2.75) is 26.3 Å². The molecule has 9 heteroatoms. The van der Waals surface area contributed by atoms with Crippen LogP contribution < -0.4 is 20.5 Å². The first-order valence-electron chi connectivity index (χ1n) is 8.12. The minimum Gasteiger partial charge on any atom is -0.454 e. The fourth-order valence-corrected chi connectivity index (χ4v) is 3.20. The second-order valence-corrected chi connectivity index (χ2v) is 7.12. The molecule has 25 heavy (non-hydrogen) atoms. The molecule has 136 valence electrons. The van der Waals surface area contributed by atoms with E-state index in [1.54, 1.807) is 0 Å².